The Morgan fingerprint density at radius 2 is 0.854 bits per heavy atom. The number of carbonyl (C=O) groups excluding carboxylic acids is 4. The van der Waals surface area contributed by atoms with Crippen LogP contribution in [-0.2, 0) is 57.1 Å². The summed E-state index contributed by atoms with van der Waals surface area (Å²) in [6, 6.07) is 0. The molecule has 0 amide bonds. The molecule has 272 valence electrons. The monoisotopic (exact) mass is 680 g/mol. The van der Waals surface area contributed by atoms with Crippen molar-refractivity contribution >= 4 is 23.9 Å². The first-order chi connectivity index (χ1) is 22.5. The molecule has 0 radical (unpaired) electrons. The van der Waals surface area contributed by atoms with E-state index in [-0.39, 0.29) is 45.5 Å². The Labute approximate surface area is 285 Å². The molecule has 0 atom stereocenters. The van der Waals surface area contributed by atoms with Gasteiger partial charge in [-0.2, -0.15) is 0 Å². The molecule has 48 heavy (non-hydrogen) atoms. The maximum absolute atomic E-state index is 11.1. The highest BCUT2D eigenvalue weighted by Crippen LogP contribution is 2.32. The van der Waals surface area contributed by atoms with Gasteiger partial charge in [0.05, 0.1) is 63.7 Å². The Bertz CT molecular complexity index is 1110. The van der Waals surface area contributed by atoms with E-state index in [0.29, 0.717) is 90.4 Å². The summed E-state index contributed by atoms with van der Waals surface area (Å²) in [5.74, 6) is -1.34. The summed E-state index contributed by atoms with van der Waals surface area (Å²) in [7, 11) is 0. The zero-order valence-corrected chi connectivity index (χ0v) is 29.8. The first-order valence-electron chi connectivity index (χ1n) is 16.1. The number of rotatable bonds is 14. The van der Waals surface area contributed by atoms with Crippen LogP contribution in [0.4, 0.5) is 0 Å². The summed E-state index contributed by atoms with van der Waals surface area (Å²) < 4.78 is 40.1. The lowest BCUT2D eigenvalue weighted by Gasteiger charge is -2.39. The third-order valence-electron chi connectivity index (χ3n) is 8.11. The Hall–Kier alpha value is -3.32. The van der Waals surface area contributed by atoms with Crippen molar-refractivity contribution in [2.24, 2.45) is 21.7 Å². The van der Waals surface area contributed by atoms with Gasteiger partial charge in [0.25, 0.3) is 0 Å². The van der Waals surface area contributed by atoms with E-state index in [1.807, 2.05) is 13.8 Å². The van der Waals surface area contributed by atoms with Crippen LogP contribution >= 0.6 is 0 Å². The Kier molecular flexibility index (Phi) is 18.0. The largest absolute Gasteiger partial charge is 0.462 e. The summed E-state index contributed by atoms with van der Waals surface area (Å²) in [4.78, 5) is 43.4. The summed E-state index contributed by atoms with van der Waals surface area (Å²) in [5, 5.41) is 0. The van der Waals surface area contributed by atoms with Crippen LogP contribution in [0.1, 0.15) is 54.4 Å². The van der Waals surface area contributed by atoms with Gasteiger partial charge in [-0.1, -0.05) is 54.0 Å². The molecule has 12 nitrogen and oxygen atoms in total. The SMILES string of the molecule is C=C(C)C(=O)OCC1(C)COC1.C=C(C)C(=O)OCC1(CC)COC1.C=CC(=O)OCC1(C)COC1.C=CC(=O)OCC1(CC)COC1. The van der Waals surface area contributed by atoms with Gasteiger partial charge in [-0.05, 0) is 26.7 Å². The van der Waals surface area contributed by atoms with Gasteiger partial charge in [0.1, 0.15) is 26.4 Å². The average molecular weight is 681 g/mol. The van der Waals surface area contributed by atoms with Gasteiger partial charge in [-0.15, -0.1) is 0 Å². The topological polar surface area (TPSA) is 142 Å². The molecule has 0 bridgehead atoms. The van der Waals surface area contributed by atoms with Crippen LogP contribution in [0, 0.1) is 21.7 Å². The molecule has 0 unspecified atom stereocenters. The fourth-order valence-corrected chi connectivity index (χ4v) is 3.92. The minimum absolute atomic E-state index is 0.0328. The van der Waals surface area contributed by atoms with E-state index in [9.17, 15) is 19.2 Å². The summed E-state index contributed by atoms with van der Waals surface area (Å²) in [6.07, 6.45) is 4.32. The predicted molar refractivity (Wildman–Crippen MR) is 179 cm³/mol. The Balaban J connectivity index is 0.000000320. The lowest BCUT2D eigenvalue weighted by atomic mass is 9.84. The first kappa shape index (κ1) is 42.7. The number of hydrogen-bond donors (Lipinski definition) is 0. The zero-order chi connectivity index (χ0) is 36.4. The van der Waals surface area contributed by atoms with Gasteiger partial charge >= 0.3 is 23.9 Å². The van der Waals surface area contributed by atoms with Crippen molar-refractivity contribution in [1.82, 2.24) is 0 Å². The number of esters is 4. The van der Waals surface area contributed by atoms with Gasteiger partial charge in [-0.25, -0.2) is 19.2 Å². The van der Waals surface area contributed by atoms with Crippen LogP contribution in [0.15, 0.2) is 49.6 Å². The number of hydrogen-bond acceptors (Lipinski definition) is 12. The molecule has 0 aliphatic carbocycles. The van der Waals surface area contributed by atoms with E-state index in [1.54, 1.807) is 13.8 Å². The second-order valence-corrected chi connectivity index (χ2v) is 13.6. The molecular weight excluding hydrogens is 624 g/mol. The van der Waals surface area contributed by atoms with Crippen molar-refractivity contribution in [1.29, 1.82) is 0 Å². The standard InChI is InChI=1S/C10H16O3.2C9H14O3.C8H12O3/c1-4-10(5-12-6-10)7-13-9(11)8(2)3;1-7(2)8(10)12-6-9(3)4-11-5-9;1-3-8(10)12-7-9(4-2)5-11-6-9;1-3-7(9)11-6-8(2)4-10-5-8/h2,4-7H2,1,3H3;1,4-6H2,2-3H3;3H,1,4-7H2,2H3;3H,1,4-6H2,2H3. The van der Waals surface area contributed by atoms with Crippen molar-refractivity contribution in [3.05, 3.63) is 49.6 Å². The molecule has 12 heteroatoms. The van der Waals surface area contributed by atoms with Gasteiger partial charge in [-0.3, -0.25) is 0 Å². The van der Waals surface area contributed by atoms with Gasteiger partial charge in [0, 0.05) is 34.1 Å². The van der Waals surface area contributed by atoms with E-state index in [0.717, 1.165) is 12.8 Å². The van der Waals surface area contributed by atoms with Crippen LogP contribution in [0.5, 0.6) is 0 Å². The average Bonchev–Trinajstić information content (AvgIpc) is 3.00. The van der Waals surface area contributed by atoms with Gasteiger partial charge < -0.3 is 37.9 Å². The fourth-order valence-electron chi connectivity index (χ4n) is 3.92. The lowest BCUT2D eigenvalue weighted by Crippen LogP contribution is -2.46. The number of carbonyl (C=O) groups is 4. The van der Waals surface area contributed by atoms with E-state index < -0.39 is 0 Å². The second kappa shape index (κ2) is 20.3. The maximum atomic E-state index is 11.1. The minimum atomic E-state index is -0.363. The quantitative estimate of drug-likeness (QED) is 0.144. The van der Waals surface area contributed by atoms with Crippen LogP contribution in [0.3, 0.4) is 0 Å². The van der Waals surface area contributed by atoms with E-state index in [1.165, 1.54) is 12.2 Å². The lowest BCUT2D eigenvalue weighted by molar-refractivity contribution is -0.167. The Morgan fingerprint density at radius 1 is 0.562 bits per heavy atom. The van der Waals surface area contributed by atoms with Crippen molar-refractivity contribution in [2.45, 2.75) is 54.4 Å². The molecular formula is C36H56O12. The normalized spacial score (nSPS) is 19.5. The fraction of sp³-hybridized carbons (Fsp3) is 0.667. The van der Waals surface area contributed by atoms with E-state index >= 15 is 0 Å². The molecule has 4 aliphatic heterocycles. The molecule has 0 spiro atoms. The summed E-state index contributed by atoms with van der Waals surface area (Å²) in [6.45, 7) is 32.4. The highest BCUT2D eigenvalue weighted by atomic mass is 16.6. The maximum Gasteiger partial charge on any atom is 0.333 e. The van der Waals surface area contributed by atoms with Crippen molar-refractivity contribution in [3.63, 3.8) is 0 Å². The molecule has 0 saturated carbocycles. The number of ether oxygens (including phenoxy) is 8. The first-order valence-corrected chi connectivity index (χ1v) is 16.1. The third-order valence-corrected chi connectivity index (χ3v) is 8.11. The van der Waals surface area contributed by atoms with Crippen molar-refractivity contribution in [3.8, 4) is 0 Å². The van der Waals surface area contributed by atoms with Crippen LogP contribution in [0.25, 0.3) is 0 Å². The van der Waals surface area contributed by atoms with Gasteiger partial charge in [0.15, 0.2) is 0 Å². The highest BCUT2D eigenvalue weighted by Gasteiger charge is 2.39. The second-order valence-electron chi connectivity index (χ2n) is 13.6. The van der Waals surface area contributed by atoms with Crippen LogP contribution in [0.2, 0.25) is 0 Å². The molecule has 4 aliphatic rings. The molecule has 0 aromatic rings. The predicted octanol–water partition coefficient (Wildman–Crippen LogP) is 4.57. The molecule has 4 saturated heterocycles. The van der Waals surface area contributed by atoms with Crippen molar-refractivity contribution < 1.29 is 57.1 Å². The van der Waals surface area contributed by atoms with Crippen LogP contribution in [-0.4, -0.2) is 103 Å². The molecule has 4 heterocycles. The van der Waals surface area contributed by atoms with Gasteiger partial charge in [0.2, 0.25) is 0 Å². The zero-order valence-electron chi connectivity index (χ0n) is 29.8. The summed E-state index contributed by atoms with van der Waals surface area (Å²) >= 11 is 0. The molecule has 0 aromatic carbocycles. The molecule has 0 N–H and O–H groups in total. The third kappa shape index (κ3) is 14.8. The Morgan fingerprint density at radius 3 is 1.10 bits per heavy atom. The smallest absolute Gasteiger partial charge is 0.333 e. The van der Waals surface area contributed by atoms with Crippen molar-refractivity contribution in [2.75, 3.05) is 79.3 Å². The van der Waals surface area contributed by atoms with Crippen LogP contribution < -0.4 is 0 Å². The molecule has 4 fully saturated rings. The van der Waals surface area contributed by atoms with E-state index in [4.69, 9.17) is 37.9 Å². The minimum Gasteiger partial charge on any atom is -0.462 e. The van der Waals surface area contributed by atoms with E-state index in [2.05, 4.69) is 40.2 Å². The molecule has 0 aromatic heterocycles. The highest BCUT2D eigenvalue weighted by molar-refractivity contribution is 5.87. The summed E-state index contributed by atoms with van der Waals surface area (Å²) in [5.41, 5.74) is 1.12. The molecule has 4 rings (SSSR count).